The first-order valence-corrected chi connectivity index (χ1v) is 6.26. The first-order valence-electron chi connectivity index (χ1n) is 6.26. The monoisotopic (exact) mass is 249 g/mol. The minimum absolute atomic E-state index is 0.0726. The predicted molar refractivity (Wildman–Crippen MR) is 68.2 cm³/mol. The normalized spacial score (nSPS) is 23.0. The lowest BCUT2D eigenvalue weighted by Crippen LogP contribution is -2.41. The number of hydrogen-bond acceptors (Lipinski definition) is 4. The van der Waals surface area contributed by atoms with Crippen molar-refractivity contribution in [1.82, 2.24) is 9.88 Å². The fourth-order valence-electron chi connectivity index (χ4n) is 2.68. The number of pyridine rings is 1. The molecule has 0 bridgehead atoms. The van der Waals surface area contributed by atoms with Crippen LogP contribution in [0.4, 0.5) is 0 Å². The molecule has 1 heterocycles. The highest BCUT2D eigenvalue weighted by Gasteiger charge is 2.33. The van der Waals surface area contributed by atoms with Gasteiger partial charge in [0, 0.05) is 19.3 Å². The minimum Gasteiger partial charge on any atom is -0.505 e. The smallest absolute Gasteiger partial charge is 0.276 e. The maximum Gasteiger partial charge on any atom is 0.276 e. The molecule has 1 saturated carbocycles. The van der Waals surface area contributed by atoms with Gasteiger partial charge < -0.3 is 15.7 Å². The number of nitrogens with zero attached hydrogens (tertiary/aromatic N) is 2. The molecule has 0 radical (unpaired) electrons. The van der Waals surface area contributed by atoms with E-state index in [2.05, 4.69) is 4.98 Å². The lowest BCUT2D eigenvalue weighted by molar-refractivity contribution is 0.0690. The van der Waals surface area contributed by atoms with E-state index in [1.807, 2.05) is 0 Å². The molecule has 1 fully saturated rings. The van der Waals surface area contributed by atoms with Crippen molar-refractivity contribution in [2.24, 2.45) is 11.7 Å². The number of carbonyl (C=O) groups excluding carboxylic acids is 1. The third-order valence-electron chi connectivity index (χ3n) is 3.73. The van der Waals surface area contributed by atoms with Gasteiger partial charge in [0.25, 0.3) is 5.91 Å². The summed E-state index contributed by atoms with van der Waals surface area (Å²) in [6, 6.07) is 3.23. The average Bonchev–Trinajstić information content (AvgIpc) is 2.86. The molecule has 0 aromatic carbocycles. The van der Waals surface area contributed by atoms with Gasteiger partial charge in [0.05, 0.1) is 0 Å². The highest BCUT2D eigenvalue weighted by molar-refractivity contribution is 5.94. The molecule has 5 nitrogen and oxygen atoms in total. The Morgan fingerprint density at radius 3 is 3.06 bits per heavy atom. The van der Waals surface area contributed by atoms with E-state index in [4.69, 9.17) is 5.73 Å². The van der Waals surface area contributed by atoms with E-state index in [1.165, 1.54) is 12.3 Å². The van der Waals surface area contributed by atoms with Crippen LogP contribution in [0.5, 0.6) is 5.75 Å². The maximum atomic E-state index is 12.3. The van der Waals surface area contributed by atoms with Crippen molar-refractivity contribution in [2.75, 3.05) is 13.6 Å². The summed E-state index contributed by atoms with van der Waals surface area (Å²) in [6.07, 6.45) is 4.64. The van der Waals surface area contributed by atoms with Crippen LogP contribution >= 0.6 is 0 Å². The second kappa shape index (κ2) is 5.35. The maximum absolute atomic E-state index is 12.3. The molecule has 2 unspecified atom stereocenters. The molecule has 0 aliphatic heterocycles. The predicted octanol–water partition coefficient (Wildman–Crippen LogP) is 0.987. The van der Waals surface area contributed by atoms with Crippen LogP contribution in [0.2, 0.25) is 0 Å². The van der Waals surface area contributed by atoms with E-state index < -0.39 is 0 Å². The van der Waals surface area contributed by atoms with E-state index in [0.717, 1.165) is 19.3 Å². The number of carbonyl (C=O) groups is 1. The molecule has 98 valence electrons. The lowest BCUT2D eigenvalue weighted by atomic mass is 10.0. The highest BCUT2D eigenvalue weighted by atomic mass is 16.3. The van der Waals surface area contributed by atoms with Gasteiger partial charge >= 0.3 is 0 Å². The van der Waals surface area contributed by atoms with Gasteiger partial charge in [-0.2, -0.15) is 0 Å². The second-order valence-corrected chi connectivity index (χ2v) is 4.78. The minimum atomic E-state index is -0.238. The van der Waals surface area contributed by atoms with E-state index in [-0.39, 0.29) is 23.4 Å². The quantitative estimate of drug-likeness (QED) is 0.837. The summed E-state index contributed by atoms with van der Waals surface area (Å²) in [4.78, 5) is 17.9. The van der Waals surface area contributed by atoms with Crippen LogP contribution in [0.15, 0.2) is 18.3 Å². The zero-order valence-electron chi connectivity index (χ0n) is 10.5. The number of nitrogens with two attached hydrogens (primary N) is 1. The molecule has 18 heavy (non-hydrogen) atoms. The molecular weight excluding hydrogens is 230 g/mol. The van der Waals surface area contributed by atoms with Crippen molar-refractivity contribution in [2.45, 2.75) is 25.3 Å². The fraction of sp³-hybridized carbons (Fsp3) is 0.538. The van der Waals surface area contributed by atoms with Gasteiger partial charge in [-0.25, -0.2) is 4.98 Å². The van der Waals surface area contributed by atoms with Crippen LogP contribution in [0.1, 0.15) is 29.8 Å². The molecule has 2 rings (SSSR count). The van der Waals surface area contributed by atoms with E-state index in [1.54, 1.807) is 18.0 Å². The standard InChI is InChI=1S/C13H19N3O2/c1-16(10-5-2-4-9(10)8-14)13(18)12-11(17)6-3-7-15-12/h3,6-7,9-10,17H,2,4-5,8,14H2,1H3. The Labute approximate surface area is 107 Å². The molecule has 0 spiro atoms. The zero-order chi connectivity index (χ0) is 13.1. The second-order valence-electron chi connectivity index (χ2n) is 4.78. The number of rotatable bonds is 3. The summed E-state index contributed by atoms with van der Waals surface area (Å²) >= 11 is 0. The molecule has 5 heteroatoms. The molecule has 0 saturated heterocycles. The van der Waals surface area contributed by atoms with Crippen molar-refractivity contribution in [1.29, 1.82) is 0 Å². The van der Waals surface area contributed by atoms with Crippen molar-refractivity contribution in [3.63, 3.8) is 0 Å². The van der Waals surface area contributed by atoms with Crippen LogP contribution in [0.25, 0.3) is 0 Å². The van der Waals surface area contributed by atoms with Gasteiger partial charge in [0.15, 0.2) is 5.69 Å². The van der Waals surface area contributed by atoms with Crippen LogP contribution < -0.4 is 5.73 Å². The van der Waals surface area contributed by atoms with Crippen LogP contribution in [-0.2, 0) is 0 Å². The fourth-order valence-corrected chi connectivity index (χ4v) is 2.68. The average molecular weight is 249 g/mol. The van der Waals surface area contributed by atoms with Gasteiger partial charge in [-0.05, 0) is 37.4 Å². The first kappa shape index (κ1) is 12.8. The van der Waals surface area contributed by atoms with E-state index >= 15 is 0 Å². The largest absolute Gasteiger partial charge is 0.505 e. The SMILES string of the molecule is CN(C(=O)c1ncccc1O)C1CCCC1CN. The number of hydrogen-bond donors (Lipinski definition) is 2. The Hall–Kier alpha value is -1.62. The van der Waals surface area contributed by atoms with Crippen molar-refractivity contribution >= 4 is 5.91 Å². The summed E-state index contributed by atoms with van der Waals surface area (Å²) in [6.45, 7) is 0.594. The summed E-state index contributed by atoms with van der Waals surface area (Å²) in [5.41, 5.74) is 5.84. The summed E-state index contributed by atoms with van der Waals surface area (Å²) in [5, 5.41) is 9.66. The van der Waals surface area contributed by atoms with Gasteiger partial charge in [-0.1, -0.05) is 6.42 Å². The van der Waals surface area contributed by atoms with Crippen molar-refractivity contribution in [3.8, 4) is 5.75 Å². The van der Waals surface area contributed by atoms with E-state index in [0.29, 0.717) is 12.5 Å². The van der Waals surface area contributed by atoms with Crippen LogP contribution in [-0.4, -0.2) is 40.5 Å². The Bertz CT molecular complexity index is 436. The van der Waals surface area contributed by atoms with E-state index in [9.17, 15) is 9.90 Å². The molecule has 1 aromatic heterocycles. The van der Waals surface area contributed by atoms with Gasteiger partial charge in [-0.15, -0.1) is 0 Å². The Balaban J connectivity index is 2.16. The molecule has 2 atom stereocenters. The molecular formula is C13H19N3O2. The van der Waals surface area contributed by atoms with Gasteiger partial charge in [0.2, 0.25) is 0 Å². The number of aromatic hydroxyl groups is 1. The van der Waals surface area contributed by atoms with Crippen molar-refractivity contribution < 1.29 is 9.90 Å². The first-order chi connectivity index (χ1) is 8.65. The third kappa shape index (κ3) is 2.31. The third-order valence-corrected chi connectivity index (χ3v) is 3.73. The summed E-state index contributed by atoms with van der Waals surface area (Å²) < 4.78 is 0. The highest BCUT2D eigenvalue weighted by Crippen LogP contribution is 2.29. The Morgan fingerprint density at radius 2 is 2.39 bits per heavy atom. The molecule has 3 N–H and O–H groups in total. The van der Waals surface area contributed by atoms with Crippen LogP contribution in [0, 0.1) is 5.92 Å². The van der Waals surface area contributed by atoms with Crippen LogP contribution in [0.3, 0.4) is 0 Å². The van der Waals surface area contributed by atoms with Crippen molar-refractivity contribution in [3.05, 3.63) is 24.0 Å². The summed E-state index contributed by atoms with van der Waals surface area (Å²) in [7, 11) is 1.76. The van der Waals surface area contributed by atoms with Gasteiger partial charge in [0.1, 0.15) is 5.75 Å². The Morgan fingerprint density at radius 1 is 1.61 bits per heavy atom. The molecule has 1 aliphatic carbocycles. The number of amides is 1. The molecule has 1 aliphatic rings. The lowest BCUT2D eigenvalue weighted by Gasteiger charge is -2.29. The Kier molecular flexibility index (Phi) is 3.81. The zero-order valence-corrected chi connectivity index (χ0v) is 10.5. The summed E-state index contributed by atoms with van der Waals surface area (Å²) in [5.74, 6) is 0.0416. The molecule has 1 aromatic rings. The van der Waals surface area contributed by atoms with Gasteiger partial charge in [-0.3, -0.25) is 4.79 Å². The number of aromatic nitrogens is 1. The molecule has 1 amide bonds. The topological polar surface area (TPSA) is 79.5 Å².